The van der Waals surface area contributed by atoms with Gasteiger partial charge >= 0.3 is 0 Å². The highest BCUT2D eigenvalue weighted by Gasteiger charge is 2.25. The van der Waals surface area contributed by atoms with Gasteiger partial charge in [0.05, 0.1) is 11.1 Å². The molecule has 0 aliphatic rings. The molecule has 4 aromatic rings. The number of nitrogen functional groups attached to an aromatic ring is 1. The zero-order valence-corrected chi connectivity index (χ0v) is 19.0. The van der Waals surface area contributed by atoms with Crippen LogP contribution in [0.1, 0.15) is 27.2 Å². The summed E-state index contributed by atoms with van der Waals surface area (Å²) < 4.78 is 8.30. The number of primary amides is 1. The monoisotopic (exact) mass is 479 g/mol. The number of amides is 1. The molecule has 0 unspecified atom stereocenters. The topological polar surface area (TPSA) is 109 Å². The molecule has 7 nitrogen and oxygen atoms in total. The highest BCUT2D eigenvalue weighted by molar-refractivity contribution is 9.10. The van der Waals surface area contributed by atoms with E-state index in [0.717, 1.165) is 33.4 Å². The first-order chi connectivity index (χ1) is 14.8. The van der Waals surface area contributed by atoms with Gasteiger partial charge in [-0.1, -0.05) is 36.4 Å². The predicted molar refractivity (Wildman–Crippen MR) is 125 cm³/mol. The highest BCUT2D eigenvalue weighted by Crippen LogP contribution is 2.43. The maximum Gasteiger partial charge on any atom is 0.269 e. The van der Waals surface area contributed by atoms with E-state index >= 15 is 0 Å². The number of benzene rings is 2. The smallest absolute Gasteiger partial charge is 0.269 e. The molecule has 31 heavy (non-hydrogen) atoms. The zero-order valence-electron chi connectivity index (χ0n) is 17.4. The molecule has 0 spiro atoms. The third-order valence-electron chi connectivity index (χ3n) is 5.31. The Balaban J connectivity index is 1.93. The van der Waals surface area contributed by atoms with E-state index in [1.807, 2.05) is 56.3 Å². The summed E-state index contributed by atoms with van der Waals surface area (Å²) >= 11 is 3.52. The molecule has 1 amide bonds. The van der Waals surface area contributed by atoms with Gasteiger partial charge in [0.2, 0.25) is 0 Å². The predicted octanol–water partition coefficient (Wildman–Crippen LogP) is 4.27. The first-order valence-corrected chi connectivity index (χ1v) is 10.5. The van der Waals surface area contributed by atoms with Crippen LogP contribution in [0.2, 0.25) is 0 Å². The summed E-state index contributed by atoms with van der Waals surface area (Å²) in [5.74, 6) is 0.0409. The number of carbonyl (C=O) groups is 1. The van der Waals surface area contributed by atoms with Crippen molar-refractivity contribution in [3.8, 4) is 16.9 Å². The molecule has 2 aromatic carbocycles. The van der Waals surface area contributed by atoms with Crippen molar-refractivity contribution in [2.75, 3.05) is 5.73 Å². The summed E-state index contributed by atoms with van der Waals surface area (Å²) in [4.78, 5) is 16.5. The first-order valence-electron chi connectivity index (χ1n) is 9.68. The third kappa shape index (κ3) is 3.63. The number of anilines is 1. The van der Waals surface area contributed by atoms with Crippen LogP contribution >= 0.6 is 15.9 Å². The largest absolute Gasteiger partial charge is 0.489 e. The Morgan fingerprint density at radius 3 is 2.52 bits per heavy atom. The summed E-state index contributed by atoms with van der Waals surface area (Å²) in [6.07, 6.45) is 0. The molecule has 2 heterocycles. The summed E-state index contributed by atoms with van der Waals surface area (Å²) in [7, 11) is 1.75. The number of aryl methyl sites for hydroxylation is 2. The molecule has 0 atom stereocenters. The first kappa shape index (κ1) is 20.9. The quantitative estimate of drug-likeness (QED) is 0.443. The molecule has 0 radical (unpaired) electrons. The Morgan fingerprint density at radius 1 is 1.13 bits per heavy atom. The molecule has 4 N–H and O–H groups in total. The van der Waals surface area contributed by atoms with E-state index in [-0.39, 0.29) is 11.4 Å². The normalized spacial score (nSPS) is 11.1. The molecular weight excluding hydrogens is 458 g/mol. The molecule has 0 saturated carbocycles. The number of ether oxygens (including phenoxy) is 1. The molecular formula is C23H22BrN5O2. The molecule has 158 valence electrons. The minimum Gasteiger partial charge on any atom is -0.489 e. The van der Waals surface area contributed by atoms with E-state index < -0.39 is 5.91 Å². The van der Waals surface area contributed by atoms with Gasteiger partial charge in [-0.2, -0.15) is 5.10 Å². The maximum absolute atomic E-state index is 12.1. The molecule has 0 saturated heterocycles. The van der Waals surface area contributed by atoms with Gasteiger partial charge in [-0.15, -0.1) is 0 Å². The second-order valence-corrected chi connectivity index (χ2v) is 8.13. The molecule has 0 aliphatic heterocycles. The summed E-state index contributed by atoms with van der Waals surface area (Å²) in [5, 5.41) is 5.13. The van der Waals surface area contributed by atoms with Crippen molar-refractivity contribution < 1.29 is 9.53 Å². The molecule has 0 fully saturated rings. The van der Waals surface area contributed by atoms with Crippen molar-refractivity contribution in [2.24, 2.45) is 12.8 Å². The maximum atomic E-state index is 12.1. The minimum atomic E-state index is -0.690. The lowest BCUT2D eigenvalue weighted by atomic mass is 9.92. The number of fused-ring (bicyclic) bond motifs is 1. The average Bonchev–Trinajstić information content (AvgIpc) is 3.02. The fourth-order valence-corrected chi connectivity index (χ4v) is 4.41. The van der Waals surface area contributed by atoms with Crippen LogP contribution in [0.3, 0.4) is 0 Å². The Kier molecular flexibility index (Phi) is 5.41. The lowest BCUT2D eigenvalue weighted by Gasteiger charge is -2.18. The van der Waals surface area contributed by atoms with Gasteiger partial charge in [0, 0.05) is 12.6 Å². The number of aromatic nitrogens is 3. The van der Waals surface area contributed by atoms with Crippen molar-refractivity contribution >= 4 is 38.6 Å². The average molecular weight is 480 g/mol. The van der Waals surface area contributed by atoms with Crippen molar-refractivity contribution in [1.82, 2.24) is 14.8 Å². The molecule has 0 bridgehead atoms. The summed E-state index contributed by atoms with van der Waals surface area (Å²) in [6.45, 7) is 4.40. The standard InChI is InChI=1S/C23H22BrN5O2/c1-12-9-10-15(31-11-14-7-5-4-6-8-14)13(2)16(12)17-18-21(24)28-29(3)23(18)27-20(19(17)25)22(26)30/h4-10H,11,25H2,1-3H3,(H2,26,30). The third-order valence-corrected chi connectivity index (χ3v) is 5.87. The number of hydrogen-bond acceptors (Lipinski definition) is 5. The Morgan fingerprint density at radius 2 is 1.84 bits per heavy atom. The van der Waals surface area contributed by atoms with Crippen LogP contribution in [0.5, 0.6) is 5.75 Å². The van der Waals surface area contributed by atoms with E-state index in [2.05, 4.69) is 26.0 Å². The van der Waals surface area contributed by atoms with Gasteiger partial charge in [0.25, 0.3) is 5.91 Å². The number of nitrogens with zero attached hydrogens (tertiary/aromatic N) is 3. The van der Waals surface area contributed by atoms with Crippen molar-refractivity contribution in [3.63, 3.8) is 0 Å². The van der Waals surface area contributed by atoms with Gasteiger partial charge in [0.1, 0.15) is 17.0 Å². The molecule has 4 rings (SSSR count). The van der Waals surface area contributed by atoms with E-state index in [4.69, 9.17) is 16.2 Å². The van der Waals surface area contributed by atoms with Crippen LogP contribution in [0, 0.1) is 13.8 Å². The fraction of sp³-hybridized carbons (Fsp3) is 0.174. The Bertz CT molecular complexity index is 1320. The Labute approximate surface area is 188 Å². The number of rotatable bonds is 5. The highest BCUT2D eigenvalue weighted by atomic mass is 79.9. The number of halogens is 1. The number of pyridine rings is 1. The van der Waals surface area contributed by atoms with Crippen molar-refractivity contribution in [1.29, 1.82) is 0 Å². The number of hydrogen-bond donors (Lipinski definition) is 2. The van der Waals surface area contributed by atoms with Crippen LogP contribution in [0.4, 0.5) is 5.69 Å². The number of nitrogens with two attached hydrogens (primary N) is 2. The lowest BCUT2D eigenvalue weighted by Crippen LogP contribution is -2.17. The van der Waals surface area contributed by atoms with Crippen LogP contribution in [0.15, 0.2) is 47.1 Å². The molecule has 8 heteroatoms. The second-order valence-electron chi connectivity index (χ2n) is 7.38. The van der Waals surface area contributed by atoms with Gasteiger partial charge < -0.3 is 16.2 Å². The SMILES string of the molecule is Cc1ccc(OCc2ccccc2)c(C)c1-c1c(N)c(C(N)=O)nc2c1c(Br)nn2C. The van der Waals surface area contributed by atoms with E-state index in [9.17, 15) is 4.79 Å². The van der Waals surface area contributed by atoms with E-state index in [1.54, 1.807) is 11.7 Å². The van der Waals surface area contributed by atoms with E-state index in [0.29, 0.717) is 22.4 Å². The van der Waals surface area contributed by atoms with Gasteiger partial charge in [-0.05, 0) is 58.1 Å². The lowest BCUT2D eigenvalue weighted by molar-refractivity contribution is 0.0997. The van der Waals surface area contributed by atoms with Crippen molar-refractivity contribution in [2.45, 2.75) is 20.5 Å². The molecule has 2 aromatic heterocycles. The van der Waals surface area contributed by atoms with Crippen LogP contribution in [0.25, 0.3) is 22.2 Å². The van der Waals surface area contributed by atoms with Crippen LogP contribution in [-0.2, 0) is 13.7 Å². The van der Waals surface area contributed by atoms with E-state index in [1.165, 1.54) is 0 Å². The van der Waals surface area contributed by atoms with Gasteiger partial charge in [-0.25, -0.2) is 9.67 Å². The Hall–Kier alpha value is -3.39. The number of carbonyl (C=O) groups excluding carboxylic acids is 1. The summed E-state index contributed by atoms with van der Waals surface area (Å²) in [6, 6.07) is 13.9. The molecule has 0 aliphatic carbocycles. The zero-order chi connectivity index (χ0) is 22.3. The summed E-state index contributed by atoms with van der Waals surface area (Å²) in [5.41, 5.74) is 17.3. The minimum absolute atomic E-state index is 0.0207. The van der Waals surface area contributed by atoms with Crippen LogP contribution in [-0.4, -0.2) is 20.7 Å². The van der Waals surface area contributed by atoms with Gasteiger partial charge in [0.15, 0.2) is 11.3 Å². The van der Waals surface area contributed by atoms with Crippen molar-refractivity contribution in [3.05, 3.63) is 69.5 Å². The van der Waals surface area contributed by atoms with Crippen LogP contribution < -0.4 is 16.2 Å². The second kappa shape index (κ2) is 8.03. The fourth-order valence-electron chi connectivity index (χ4n) is 3.80. The van der Waals surface area contributed by atoms with Gasteiger partial charge in [-0.3, -0.25) is 4.79 Å².